The minimum absolute atomic E-state index is 0.0311. The minimum atomic E-state index is -4.13. The standard InChI is InChI=1S/C30H27N3O7S3/c1-40-30-20-29-25(19-27(30)31-41(34,35)22-11-5-2-6-12-22)26-21-32(42(36,37)23-13-7-3-8-14-23)18-17-28(26)33(29)43(38,39)24-15-9-4-10-16-24/h2-16,19-20,31H,17-18,21H2,1H3. The van der Waals surface area contributed by atoms with E-state index in [1.807, 2.05) is 0 Å². The molecule has 10 nitrogen and oxygen atoms in total. The van der Waals surface area contributed by atoms with Crippen LogP contribution in [0.2, 0.25) is 0 Å². The first kappa shape index (κ1) is 28.9. The first-order valence-corrected chi connectivity index (χ1v) is 17.6. The molecule has 2 heterocycles. The Morgan fingerprint density at radius 1 is 0.698 bits per heavy atom. The highest BCUT2D eigenvalue weighted by molar-refractivity contribution is 7.92. The highest BCUT2D eigenvalue weighted by Gasteiger charge is 2.35. The molecule has 222 valence electrons. The molecule has 5 aromatic rings. The lowest BCUT2D eigenvalue weighted by molar-refractivity contribution is 0.390. The summed E-state index contributed by atoms with van der Waals surface area (Å²) >= 11 is 0. The number of anilines is 1. The third-order valence-corrected chi connectivity index (χ3v) is 12.4. The second kappa shape index (κ2) is 10.8. The topological polar surface area (TPSA) is 132 Å². The van der Waals surface area contributed by atoms with E-state index in [2.05, 4.69) is 4.72 Å². The zero-order valence-electron chi connectivity index (χ0n) is 22.9. The molecule has 43 heavy (non-hydrogen) atoms. The molecular formula is C30H27N3O7S3. The number of aromatic nitrogens is 1. The summed E-state index contributed by atoms with van der Waals surface area (Å²) in [5.74, 6) is 0.0973. The molecule has 0 aliphatic carbocycles. The smallest absolute Gasteiger partial charge is 0.268 e. The molecule has 0 bridgehead atoms. The van der Waals surface area contributed by atoms with E-state index in [1.54, 1.807) is 54.6 Å². The number of rotatable bonds is 8. The summed E-state index contributed by atoms with van der Waals surface area (Å²) in [4.78, 5) is 0.211. The van der Waals surface area contributed by atoms with Crippen LogP contribution in [0.15, 0.2) is 118 Å². The number of sulfonamides is 2. The number of methoxy groups -OCH3 is 1. The Bertz CT molecular complexity index is 2150. The van der Waals surface area contributed by atoms with Crippen molar-refractivity contribution in [2.45, 2.75) is 27.7 Å². The molecule has 6 rings (SSSR count). The maximum atomic E-state index is 14.1. The second-order valence-electron chi connectivity index (χ2n) is 9.90. The maximum Gasteiger partial charge on any atom is 0.268 e. The van der Waals surface area contributed by atoms with E-state index in [0.29, 0.717) is 16.6 Å². The predicted octanol–water partition coefficient (Wildman–Crippen LogP) is 4.43. The van der Waals surface area contributed by atoms with Gasteiger partial charge in [0.1, 0.15) is 5.75 Å². The first-order valence-electron chi connectivity index (χ1n) is 13.2. The zero-order chi connectivity index (χ0) is 30.4. The van der Waals surface area contributed by atoms with Gasteiger partial charge in [-0.15, -0.1) is 0 Å². The normalized spacial score (nSPS) is 14.3. The number of nitrogens with zero attached hydrogens (tertiary/aromatic N) is 2. The van der Waals surface area contributed by atoms with Crippen LogP contribution in [-0.2, 0) is 43.0 Å². The average molecular weight is 638 g/mol. The second-order valence-corrected chi connectivity index (χ2v) is 15.3. The minimum Gasteiger partial charge on any atom is -0.494 e. The van der Waals surface area contributed by atoms with Gasteiger partial charge in [-0.3, -0.25) is 4.72 Å². The van der Waals surface area contributed by atoms with Crippen LogP contribution in [0.5, 0.6) is 5.75 Å². The number of ether oxygens (including phenoxy) is 1. The average Bonchev–Trinajstić information content (AvgIpc) is 3.35. The van der Waals surface area contributed by atoms with Crippen molar-refractivity contribution in [2.75, 3.05) is 18.4 Å². The summed E-state index contributed by atoms with van der Waals surface area (Å²) in [5.41, 5.74) is 1.21. The van der Waals surface area contributed by atoms with Gasteiger partial charge in [0.2, 0.25) is 10.0 Å². The van der Waals surface area contributed by atoms with Crippen LogP contribution < -0.4 is 9.46 Å². The van der Waals surface area contributed by atoms with Crippen molar-refractivity contribution in [3.63, 3.8) is 0 Å². The largest absolute Gasteiger partial charge is 0.494 e. The van der Waals surface area contributed by atoms with Crippen LogP contribution in [0, 0.1) is 0 Å². The van der Waals surface area contributed by atoms with Crippen molar-refractivity contribution in [1.29, 1.82) is 0 Å². The summed E-state index contributed by atoms with van der Waals surface area (Å²) < 4.78 is 92.3. The highest BCUT2D eigenvalue weighted by Crippen LogP contribution is 2.40. The Morgan fingerprint density at radius 3 is 1.79 bits per heavy atom. The lowest BCUT2D eigenvalue weighted by atomic mass is 10.1. The fraction of sp³-hybridized carbons (Fsp3) is 0.133. The van der Waals surface area contributed by atoms with E-state index in [1.165, 1.54) is 63.9 Å². The third-order valence-electron chi connectivity index (χ3n) is 7.35. The number of nitrogens with one attached hydrogen (secondary N) is 1. The van der Waals surface area contributed by atoms with Crippen molar-refractivity contribution in [3.05, 3.63) is 114 Å². The van der Waals surface area contributed by atoms with Crippen molar-refractivity contribution in [1.82, 2.24) is 8.28 Å². The molecule has 1 aromatic heterocycles. The molecule has 0 saturated carbocycles. The Kier molecular flexibility index (Phi) is 7.29. The van der Waals surface area contributed by atoms with Gasteiger partial charge < -0.3 is 4.74 Å². The van der Waals surface area contributed by atoms with Crippen LogP contribution in [0.3, 0.4) is 0 Å². The molecule has 13 heteroatoms. The summed E-state index contributed by atoms with van der Waals surface area (Å²) in [7, 11) is -10.7. The molecule has 4 aromatic carbocycles. The van der Waals surface area contributed by atoms with E-state index < -0.39 is 30.1 Å². The van der Waals surface area contributed by atoms with Gasteiger partial charge in [-0.05, 0) is 48.0 Å². The Balaban J connectivity index is 1.56. The lowest BCUT2D eigenvalue weighted by Gasteiger charge is -2.27. The van der Waals surface area contributed by atoms with Gasteiger partial charge in [-0.25, -0.2) is 29.2 Å². The molecule has 0 fully saturated rings. The molecule has 1 aliphatic heterocycles. The summed E-state index contributed by atoms with van der Waals surface area (Å²) in [6.07, 6.45) is 0.107. The van der Waals surface area contributed by atoms with Gasteiger partial charge in [0.15, 0.2) is 0 Å². The summed E-state index contributed by atoms with van der Waals surface area (Å²) in [5, 5.41) is 0.383. The lowest BCUT2D eigenvalue weighted by Crippen LogP contribution is -2.36. The fourth-order valence-electron chi connectivity index (χ4n) is 5.29. The van der Waals surface area contributed by atoms with Crippen LogP contribution in [0.1, 0.15) is 11.3 Å². The fourth-order valence-corrected chi connectivity index (χ4v) is 9.41. The van der Waals surface area contributed by atoms with E-state index in [9.17, 15) is 25.3 Å². The van der Waals surface area contributed by atoms with E-state index in [4.69, 9.17) is 4.74 Å². The summed E-state index contributed by atoms with van der Waals surface area (Å²) in [6, 6.07) is 26.7. The van der Waals surface area contributed by atoms with Crippen molar-refractivity contribution in [2.24, 2.45) is 0 Å². The van der Waals surface area contributed by atoms with Gasteiger partial charge in [-0.1, -0.05) is 54.6 Å². The highest BCUT2D eigenvalue weighted by atomic mass is 32.2. The molecule has 0 amide bonds. The third kappa shape index (κ3) is 5.07. The van der Waals surface area contributed by atoms with Crippen LogP contribution >= 0.6 is 0 Å². The molecule has 0 unspecified atom stereocenters. The van der Waals surface area contributed by atoms with Crippen molar-refractivity contribution < 1.29 is 30.0 Å². The van der Waals surface area contributed by atoms with Gasteiger partial charge in [-0.2, -0.15) is 4.31 Å². The van der Waals surface area contributed by atoms with Crippen molar-refractivity contribution >= 4 is 46.7 Å². The van der Waals surface area contributed by atoms with Gasteiger partial charge in [0, 0.05) is 36.7 Å². The van der Waals surface area contributed by atoms with E-state index >= 15 is 0 Å². The molecular weight excluding hydrogens is 611 g/mol. The zero-order valence-corrected chi connectivity index (χ0v) is 25.4. The molecule has 0 radical (unpaired) electrons. The SMILES string of the molecule is COc1cc2c(cc1NS(=O)(=O)c1ccccc1)c1c(n2S(=O)(=O)c2ccccc2)CCN(S(=O)(=O)c2ccccc2)C1. The van der Waals surface area contributed by atoms with Gasteiger partial charge >= 0.3 is 0 Å². The van der Waals surface area contributed by atoms with Crippen LogP contribution in [0.4, 0.5) is 5.69 Å². The van der Waals surface area contributed by atoms with Crippen molar-refractivity contribution in [3.8, 4) is 5.75 Å². The quantitative estimate of drug-likeness (QED) is 0.266. The Hall–Kier alpha value is -4.17. The Morgan fingerprint density at radius 2 is 1.23 bits per heavy atom. The maximum absolute atomic E-state index is 14.1. The molecule has 0 saturated heterocycles. The monoisotopic (exact) mass is 637 g/mol. The van der Waals surface area contributed by atoms with E-state index in [-0.39, 0.29) is 51.2 Å². The molecule has 1 aliphatic rings. The predicted molar refractivity (Wildman–Crippen MR) is 163 cm³/mol. The number of hydrogen-bond acceptors (Lipinski definition) is 7. The molecule has 0 spiro atoms. The number of hydrogen-bond donors (Lipinski definition) is 1. The Labute approximate surface area is 250 Å². The number of benzene rings is 4. The van der Waals surface area contributed by atoms with Gasteiger partial charge in [0.05, 0.1) is 33.0 Å². The van der Waals surface area contributed by atoms with Crippen LogP contribution in [-0.4, -0.2) is 47.2 Å². The molecule has 1 N–H and O–H groups in total. The summed E-state index contributed by atoms with van der Waals surface area (Å²) in [6.45, 7) is -0.0624. The molecule has 0 atom stereocenters. The number of fused-ring (bicyclic) bond motifs is 3. The van der Waals surface area contributed by atoms with Crippen LogP contribution in [0.25, 0.3) is 10.9 Å². The first-order chi connectivity index (χ1) is 20.5. The van der Waals surface area contributed by atoms with E-state index in [0.717, 1.165) is 0 Å². The van der Waals surface area contributed by atoms with Gasteiger partial charge in [0.25, 0.3) is 20.0 Å².